The molecular formula is C11H21F2N. The highest BCUT2D eigenvalue weighted by atomic mass is 19.1. The number of hydrogen-bond donors (Lipinski definition) is 0. The van der Waals surface area contributed by atoms with Crippen molar-refractivity contribution in [2.75, 3.05) is 26.4 Å². The monoisotopic (exact) mass is 205 g/mol. The van der Waals surface area contributed by atoms with Crippen molar-refractivity contribution in [1.29, 1.82) is 0 Å². The van der Waals surface area contributed by atoms with Gasteiger partial charge < -0.3 is 0 Å². The summed E-state index contributed by atoms with van der Waals surface area (Å²) < 4.78 is 24.9. The molecule has 0 amide bonds. The van der Waals surface area contributed by atoms with Crippen molar-refractivity contribution in [1.82, 2.24) is 4.90 Å². The first-order valence-corrected chi connectivity index (χ1v) is 5.35. The van der Waals surface area contributed by atoms with E-state index < -0.39 is 19.4 Å². The van der Waals surface area contributed by atoms with Crippen LogP contribution in [-0.4, -0.2) is 37.4 Å². The van der Waals surface area contributed by atoms with E-state index in [1.165, 1.54) is 0 Å². The highest BCUT2D eigenvalue weighted by molar-refractivity contribution is 4.86. The lowest BCUT2D eigenvalue weighted by atomic mass is 9.80. The molecule has 84 valence electrons. The molecule has 1 fully saturated rings. The molecule has 0 aromatic rings. The highest BCUT2D eigenvalue weighted by Crippen LogP contribution is 2.34. The third-order valence-electron chi connectivity index (χ3n) is 3.32. The molecule has 1 atom stereocenters. The fourth-order valence-electron chi connectivity index (χ4n) is 2.06. The van der Waals surface area contributed by atoms with Gasteiger partial charge >= 0.3 is 0 Å². The molecule has 0 radical (unpaired) electrons. The van der Waals surface area contributed by atoms with Crippen LogP contribution in [0.2, 0.25) is 0 Å². The van der Waals surface area contributed by atoms with E-state index in [9.17, 15) is 8.78 Å². The van der Waals surface area contributed by atoms with Crippen LogP contribution in [0.3, 0.4) is 0 Å². The van der Waals surface area contributed by atoms with Crippen LogP contribution in [-0.2, 0) is 0 Å². The molecule has 1 aliphatic rings. The van der Waals surface area contributed by atoms with Crippen LogP contribution in [0.4, 0.5) is 8.78 Å². The first kappa shape index (κ1) is 11.9. The van der Waals surface area contributed by atoms with Crippen molar-refractivity contribution in [2.45, 2.75) is 33.2 Å². The Morgan fingerprint density at radius 2 is 1.86 bits per heavy atom. The summed E-state index contributed by atoms with van der Waals surface area (Å²) in [6, 6.07) is -0.498. The zero-order chi connectivity index (χ0) is 10.8. The van der Waals surface area contributed by atoms with E-state index in [0.717, 1.165) is 19.5 Å². The molecule has 0 aromatic heterocycles. The molecule has 14 heavy (non-hydrogen) atoms. The van der Waals surface area contributed by atoms with Crippen molar-refractivity contribution in [3.8, 4) is 0 Å². The zero-order valence-corrected chi connectivity index (χ0v) is 9.39. The van der Waals surface area contributed by atoms with E-state index in [0.29, 0.717) is 5.92 Å². The van der Waals surface area contributed by atoms with Gasteiger partial charge in [-0.25, -0.2) is 8.78 Å². The minimum absolute atomic E-state index is 0.256. The summed E-state index contributed by atoms with van der Waals surface area (Å²) in [6.07, 6.45) is 1.07. The molecule has 0 saturated carbocycles. The predicted octanol–water partition coefficient (Wildman–Crippen LogP) is 2.66. The molecule has 0 aliphatic carbocycles. The summed E-state index contributed by atoms with van der Waals surface area (Å²) in [7, 11) is 0. The van der Waals surface area contributed by atoms with Crippen LogP contribution in [0.5, 0.6) is 0 Å². The lowest BCUT2D eigenvalue weighted by Crippen LogP contribution is -2.37. The summed E-state index contributed by atoms with van der Waals surface area (Å²) in [5.41, 5.74) is 0.256. The van der Waals surface area contributed by atoms with E-state index in [4.69, 9.17) is 0 Å². The smallest absolute Gasteiger partial charge is 0.107 e. The lowest BCUT2D eigenvalue weighted by molar-refractivity contribution is 0.147. The Balaban J connectivity index is 2.48. The third kappa shape index (κ3) is 2.66. The lowest BCUT2D eigenvalue weighted by Gasteiger charge is -2.28. The van der Waals surface area contributed by atoms with Crippen LogP contribution in [0.25, 0.3) is 0 Å². The first-order valence-electron chi connectivity index (χ1n) is 5.35. The van der Waals surface area contributed by atoms with Gasteiger partial charge in [-0.05, 0) is 24.3 Å². The molecule has 1 unspecified atom stereocenters. The van der Waals surface area contributed by atoms with Gasteiger partial charge in [0.05, 0.1) is 6.04 Å². The maximum Gasteiger partial charge on any atom is 0.107 e. The first-order chi connectivity index (χ1) is 6.49. The normalized spacial score (nSPS) is 24.9. The second-order valence-electron chi connectivity index (χ2n) is 5.31. The summed E-state index contributed by atoms with van der Waals surface area (Å²) in [4.78, 5) is 1.95. The van der Waals surface area contributed by atoms with Crippen molar-refractivity contribution in [2.24, 2.45) is 11.3 Å². The second kappa shape index (κ2) is 4.56. The molecule has 0 spiro atoms. The minimum atomic E-state index is -0.562. The summed E-state index contributed by atoms with van der Waals surface area (Å²) in [6.45, 7) is 7.16. The Bertz CT molecular complexity index is 173. The van der Waals surface area contributed by atoms with Gasteiger partial charge in [-0.15, -0.1) is 0 Å². The molecule has 1 heterocycles. The fourth-order valence-corrected chi connectivity index (χ4v) is 2.06. The van der Waals surface area contributed by atoms with Gasteiger partial charge in [0.2, 0.25) is 0 Å². The third-order valence-corrected chi connectivity index (χ3v) is 3.32. The summed E-state index contributed by atoms with van der Waals surface area (Å²) in [5.74, 6) is 0.572. The van der Waals surface area contributed by atoms with Crippen LogP contribution in [0.1, 0.15) is 27.2 Å². The zero-order valence-electron chi connectivity index (χ0n) is 9.39. The number of likely N-dealkylation sites (tertiary alicyclic amines) is 1. The molecule has 1 nitrogen and oxygen atoms in total. The molecule has 1 rings (SSSR count). The number of hydrogen-bond acceptors (Lipinski definition) is 1. The van der Waals surface area contributed by atoms with Gasteiger partial charge in [0, 0.05) is 6.54 Å². The van der Waals surface area contributed by atoms with Gasteiger partial charge in [-0.2, -0.15) is 0 Å². The van der Waals surface area contributed by atoms with E-state index >= 15 is 0 Å². The maximum absolute atomic E-state index is 12.5. The summed E-state index contributed by atoms with van der Waals surface area (Å²) in [5, 5.41) is 0. The number of halogens is 2. The summed E-state index contributed by atoms with van der Waals surface area (Å²) >= 11 is 0. The molecule has 0 bridgehead atoms. The standard InChI is InChI=1S/C11H21F2N/c1-11(2,3)9-4-5-14(8-9)10(6-12)7-13/h9-10H,4-8H2,1-3H3. The van der Waals surface area contributed by atoms with E-state index in [-0.39, 0.29) is 5.41 Å². The van der Waals surface area contributed by atoms with Crippen LogP contribution in [0, 0.1) is 11.3 Å². The Kier molecular flexibility index (Phi) is 3.87. The molecule has 3 heteroatoms. The van der Waals surface area contributed by atoms with Gasteiger partial charge in [0.25, 0.3) is 0 Å². The largest absolute Gasteiger partial charge is 0.295 e. The van der Waals surface area contributed by atoms with E-state index in [1.807, 2.05) is 4.90 Å². The number of rotatable bonds is 3. The number of nitrogens with zero attached hydrogens (tertiary/aromatic N) is 1. The van der Waals surface area contributed by atoms with Crippen LogP contribution in [0.15, 0.2) is 0 Å². The predicted molar refractivity (Wildman–Crippen MR) is 54.9 cm³/mol. The quantitative estimate of drug-likeness (QED) is 0.684. The average molecular weight is 205 g/mol. The van der Waals surface area contributed by atoms with Crippen LogP contribution < -0.4 is 0 Å². The molecular weight excluding hydrogens is 184 g/mol. The fraction of sp³-hybridized carbons (Fsp3) is 1.00. The van der Waals surface area contributed by atoms with E-state index in [1.54, 1.807) is 0 Å². The van der Waals surface area contributed by atoms with Gasteiger partial charge in [-0.3, -0.25) is 4.90 Å². The van der Waals surface area contributed by atoms with Crippen molar-refractivity contribution in [3.63, 3.8) is 0 Å². The molecule has 0 aromatic carbocycles. The highest BCUT2D eigenvalue weighted by Gasteiger charge is 2.34. The van der Waals surface area contributed by atoms with Crippen molar-refractivity contribution < 1.29 is 8.78 Å². The minimum Gasteiger partial charge on any atom is -0.295 e. The maximum atomic E-state index is 12.5. The van der Waals surface area contributed by atoms with Gasteiger partial charge in [0.1, 0.15) is 13.3 Å². The molecule has 1 aliphatic heterocycles. The average Bonchev–Trinajstić information content (AvgIpc) is 2.54. The van der Waals surface area contributed by atoms with E-state index in [2.05, 4.69) is 20.8 Å². The van der Waals surface area contributed by atoms with Crippen molar-refractivity contribution >= 4 is 0 Å². The van der Waals surface area contributed by atoms with Crippen LogP contribution >= 0.6 is 0 Å². The topological polar surface area (TPSA) is 3.24 Å². The Labute approximate surface area is 85.5 Å². The Morgan fingerprint density at radius 1 is 1.29 bits per heavy atom. The van der Waals surface area contributed by atoms with Gasteiger partial charge in [0.15, 0.2) is 0 Å². The number of alkyl halides is 2. The molecule has 1 saturated heterocycles. The van der Waals surface area contributed by atoms with Gasteiger partial charge in [-0.1, -0.05) is 20.8 Å². The van der Waals surface area contributed by atoms with Crippen molar-refractivity contribution in [3.05, 3.63) is 0 Å². The Morgan fingerprint density at radius 3 is 2.21 bits per heavy atom. The molecule has 0 N–H and O–H groups in total. The Hall–Kier alpha value is -0.180. The SMILES string of the molecule is CC(C)(C)C1CCN(C(CF)CF)C1. The second-order valence-corrected chi connectivity index (χ2v) is 5.31.